The molecule has 0 saturated carbocycles. The van der Waals surface area contributed by atoms with Crippen LogP contribution in [0.4, 0.5) is 0 Å². The van der Waals surface area contributed by atoms with Crippen molar-refractivity contribution >= 4 is 71.0 Å². The van der Waals surface area contributed by atoms with Gasteiger partial charge in [-0.3, -0.25) is 0 Å². The Morgan fingerprint density at radius 3 is 0.592 bits per heavy atom. The molecule has 0 amide bonds. The average molecular weight is 1370 g/mol. The van der Waals surface area contributed by atoms with Crippen molar-refractivity contribution in [2.75, 3.05) is 13.2 Å². The second-order valence-corrected chi connectivity index (χ2v) is 37.0. The molecule has 0 unspecified atom stereocenters. The van der Waals surface area contributed by atoms with E-state index in [0.29, 0.717) is 102 Å². The molecule has 0 aliphatic heterocycles. The molecule has 0 heterocycles. The molecule has 0 fully saturated rings. The molecule has 1 aliphatic carbocycles. The molecule has 2 N–H and O–H groups in total. The first-order valence-corrected chi connectivity index (χ1v) is 41.3. The maximum absolute atomic E-state index is 16.3. The van der Waals surface area contributed by atoms with Crippen LogP contribution in [0.25, 0.3) is 0 Å². The van der Waals surface area contributed by atoms with Crippen molar-refractivity contribution in [3.8, 4) is 23.0 Å². The third-order valence-corrected chi connectivity index (χ3v) is 31.0. The maximum atomic E-state index is 16.3. The molecule has 0 saturated heterocycles. The Balaban J connectivity index is 1.09. The number of phenols is 2. The highest BCUT2D eigenvalue weighted by Gasteiger charge is 2.35. The summed E-state index contributed by atoms with van der Waals surface area (Å²) in [5.74, 6) is 1.23. The Morgan fingerprint density at radius 2 is 0.429 bits per heavy atom. The number of hydrogen-bond acceptors (Lipinski definition) is 8. The number of aromatic hydroxyl groups is 2. The van der Waals surface area contributed by atoms with E-state index in [-0.39, 0.29) is 61.8 Å². The third kappa shape index (κ3) is 14.4. The Morgan fingerprint density at radius 1 is 0.265 bits per heavy atom. The predicted octanol–water partition coefficient (Wildman–Crippen LogP) is 17.4. The van der Waals surface area contributed by atoms with E-state index in [4.69, 9.17) is 9.47 Å². The fraction of sp³-hybridized carbons (Fsp3) is 0.163. The van der Waals surface area contributed by atoms with Crippen LogP contribution in [0.15, 0.2) is 291 Å². The van der Waals surface area contributed by atoms with Gasteiger partial charge < -0.3 is 37.9 Å². The first-order valence-electron chi connectivity index (χ1n) is 33.8. The van der Waals surface area contributed by atoms with E-state index in [9.17, 15) is 10.2 Å². The fourth-order valence-electron chi connectivity index (χ4n) is 14.1. The smallest absolute Gasteiger partial charge is 0.147 e. The number of ether oxygens (including phenoxy) is 2. The van der Waals surface area contributed by atoms with Crippen LogP contribution in [0.3, 0.4) is 0 Å². The minimum atomic E-state index is -3.44. The van der Waals surface area contributed by atoms with Crippen LogP contribution in [-0.4, -0.2) is 23.4 Å². The fourth-order valence-corrected chi connectivity index (χ4v) is 24.7. The second kappa shape index (κ2) is 29.9. The quantitative estimate of drug-likeness (QED) is 0.0643. The molecule has 8 nitrogen and oxygen atoms in total. The Kier molecular flexibility index (Phi) is 20.5. The highest BCUT2D eigenvalue weighted by molar-refractivity contribution is 7.79. The summed E-state index contributed by atoms with van der Waals surface area (Å²) in [4.78, 5) is 0. The zero-order valence-electron chi connectivity index (χ0n) is 55.3. The summed E-state index contributed by atoms with van der Waals surface area (Å²) in [5, 5.41) is 32.6. The van der Waals surface area contributed by atoms with Gasteiger partial charge in [-0.25, -0.2) is 0 Å². The molecule has 0 aromatic heterocycles. The van der Waals surface area contributed by atoms with E-state index >= 15 is 18.3 Å². The van der Waals surface area contributed by atoms with Crippen molar-refractivity contribution < 1.29 is 37.9 Å². The van der Waals surface area contributed by atoms with Crippen LogP contribution in [0.5, 0.6) is 23.0 Å². The van der Waals surface area contributed by atoms with Crippen molar-refractivity contribution in [2.24, 2.45) is 0 Å². The summed E-state index contributed by atoms with van der Waals surface area (Å²) in [7, 11) is -13.7. The molecular formula is C86H80O8P4. The van der Waals surface area contributed by atoms with Gasteiger partial charge in [0.25, 0.3) is 0 Å². The third-order valence-electron chi connectivity index (χ3n) is 18.7. The lowest BCUT2D eigenvalue weighted by atomic mass is 9.88. The van der Waals surface area contributed by atoms with Crippen molar-refractivity contribution in [3.63, 3.8) is 0 Å². The van der Waals surface area contributed by atoms with E-state index in [1.54, 1.807) is 0 Å². The lowest BCUT2D eigenvalue weighted by molar-refractivity contribution is 0.311. The van der Waals surface area contributed by atoms with Gasteiger partial charge in [0, 0.05) is 92.8 Å². The van der Waals surface area contributed by atoms with Crippen molar-refractivity contribution in [1.82, 2.24) is 0 Å². The molecule has 492 valence electrons. The molecule has 0 spiro atoms. The van der Waals surface area contributed by atoms with Gasteiger partial charge in [0.2, 0.25) is 0 Å². The SMILES string of the molecule is CCCOc1c2cc(CP(=O)(c3ccccc3)c3ccccc3)cc1Cc1cc(CP(=O)(c3ccccc3)c3ccccc3)cc(c1O)Cc1cc(CP(=O)(c3ccccc3)c3ccccc3)cc(c1OCCC)Cc1cc(CP(=O)(c3ccccc3)c3ccccc3)cc(c1O)C2. The summed E-state index contributed by atoms with van der Waals surface area (Å²) >= 11 is 0. The van der Waals surface area contributed by atoms with Gasteiger partial charge in [-0.15, -0.1) is 0 Å². The standard InChI is InChI=1S/C86H80O8P4/c1-3-45-93-85-71-51-65(61-97(91,79-37-21-9-22-38-79)80-39-23-10-24-40-80)52-72(85)56-68-48-64(60-96(90,77-33-17-7-18-34-77)78-35-19-8-20-36-78)50-70(84(68)88)58-74-54-66(62-98(92,81-41-25-11-26-42-81)82-43-27-12-28-44-82)53-73(86(74)94-46-4-2)57-69-49-63(47-67(55-71)83(69)87)59-95(89,75-29-13-5-14-30-75)76-31-15-6-16-32-76/h5-44,47-54,87-88H,3-4,45-46,55-62H2,1-2H3. The zero-order chi connectivity index (χ0) is 67.7. The lowest BCUT2D eigenvalue weighted by Crippen LogP contribution is -2.18. The minimum Gasteiger partial charge on any atom is -0.507 e. The summed E-state index contributed by atoms with van der Waals surface area (Å²) in [6, 6.07) is 93.4. The largest absolute Gasteiger partial charge is 0.507 e. The van der Waals surface area contributed by atoms with Gasteiger partial charge in [0.1, 0.15) is 51.6 Å². The molecule has 12 aromatic carbocycles. The van der Waals surface area contributed by atoms with Crippen LogP contribution in [-0.2, 0) is 68.6 Å². The summed E-state index contributed by atoms with van der Waals surface area (Å²) < 4.78 is 79.5. The van der Waals surface area contributed by atoms with Crippen molar-refractivity contribution in [1.29, 1.82) is 0 Å². The van der Waals surface area contributed by atoms with Crippen LogP contribution in [0.2, 0.25) is 0 Å². The monoisotopic (exact) mass is 1360 g/mol. The molecular weight excluding hydrogens is 1280 g/mol. The molecule has 1 aliphatic rings. The lowest BCUT2D eigenvalue weighted by Gasteiger charge is -2.25. The van der Waals surface area contributed by atoms with E-state index in [2.05, 4.69) is 38.1 Å². The van der Waals surface area contributed by atoms with E-state index in [0.717, 1.165) is 44.5 Å². The van der Waals surface area contributed by atoms with E-state index in [1.165, 1.54) is 0 Å². The highest BCUT2D eigenvalue weighted by atomic mass is 31.2. The second-order valence-electron chi connectivity index (χ2n) is 25.7. The van der Waals surface area contributed by atoms with E-state index in [1.807, 2.05) is 267 Å². The van der Waals surface area contributed by atoms with Crippen LogP contribution < -0.4 is 51.9 Å². The molecule has 12 heteroatoms. The first-order chi connectivity index (χ1) is 47.7. The van der Waals surface area contributed by atoms with Gasteiger partial charge in [-0.1, -0.05) is 305 Å². The predicted molar refractivity (Wildman–Crippen MR) is 406 cm³/mol. The minimum absolute atomic E-state index is 0.0455. The summed E-state index contributed by atoms with van der Waals surface area (Å²) in [5.41, 5.74) is 8.16. The molecule has 13 rings (SSSR count). The highest BCUT2D eigenvalue weighted by Crippen LogP contribution is 2.53. The number of benzene rings is 12. The average Bonchev–Trinajstić information content (AvgIpc) is 0.779. The Bertz CT molecular complexity index is 4370. The summed E-state index contributed by atoms with van der Waals surface area (Å²) in [6.07, 6.45) is 2.39. The van der Waals surface area contributed by atoms with Gasteiger partial charge >= 0.3 is 0 Å². The first kappa shape index (κ1) is 67.3. The Labute approximate surface area is 576 Å². The number of hydrogen-bond donors (Lipinski definition) is 2. The van der Waals surface area contributed by atoms with Gasteiger partial charge in [-0.05, 0) is 79.6 Å². The number of phenolic OH excluding ortho intramolecular Hbond substituents is 2. The molecule has 0 radical (unpaired) electrons. The number of rotatable bonds is 22. The molecule has 8 bridgehead atoms. The molecule has 12 aromatic rings. The van der Waals surface area contributed by atoms with E-state index < -0.39 is 28.6 Å². The Hall–Kier alpha value is -9.24. The van der Waals surface area contributed by atoms with Gasteiger partial charge in [0.05, 0.1) is 13.2 Å². The zero-order valence-corrected chi connectivity index (χ0v) is 58.9. The molecule has 98 heavy (non-hydrogen) atoms. The van der Waals surface area contributed by atoms with Crippen molar-refractivity contribution in [3.05, 3.63) is 358 Å². The normalized spacial score (nSPS) is 12.6. The van der Waals surface area contributed by atoms with Crippen molar-refractivity contribution in [2.45, 2.75) is 77.0 Å². The summed E-state index contributed by atoms with van der Waals surface area (Å²) in [6.45, 7) is 4.80. The number of fused-ring (bicyclic) bond motifs is 8. The topological polar surface area (TPSA) is 127 Å². The van der Waals surface area contributed by atoms with Gasteiger partial charge in [0.15, 0.2) is 0 Å². The van der Waals surface area contributed by atoms with Crippen LogP contribution >= 0.6 is 28.6 Å². The van der Waals surface area contributed by atoms with Crippen LogP contribution in [0, 0.1) is 0 Å². The van der Waals surface area contributed by atoms with Crippen LogP contribution in [0.1, 0.15) is 93.5 Å². The maximum Gasteiger partial charge on any atom is 0.147 e. The van der Waals surface area contributed by atoms with Gasteiger partial charge in [-0.2, -0.15) is 0 Å². The molecule has 0 atom stereocenters.